The minimum atomic E-state index is 0.751. The van der Waals surface area contributed by atoms with Crippen molar-refractivity contribution in [2.45, 2.75) is 0 Å². The van der Waals surface area contributed by atoms with Gasteiger partial charge in [0.25, 0.3) is 0 Å². The molecule has 4 rings (SSSR count). The lowest BCUT2D eigenvalue weighted by atomic mass is 10.0. The number of fused-ring (bicyclic) bond motifs is 2. The molecule has 0 aliphatic heterocycles. The lowest BCUT2D eigenvalue weighted by Gasteiger charge is -2.05. The van der Waals surface area contributed by atoms with E-state index in [4.69, 9.17) is 48.9 Å². The molecule has 0 saturated carbocycles. The molecular weight excluding hydrogens is 344 g/mol. The molecule has 0 saturated heterocycles. The minimum Gasteiger partial charge on any atom is -0.0787 e. The van der Waals surface area contributed by atoms with Gasteiger partial charge in [-0.15, -0.1) is 0 Å². The maximum atomic E-state index is 5.71. The Kier molecular flexibility index (Phi) is 3.24. The Balaban J connectivity index is 2.63. The highest BCUT2D eigenvalue weighted by Gasteiger charge is 2.09. The molecule has 0 nitrogen and oxygen atoms in total. The van der Waals surface area contributed by atoms with Crippen LogP contribution in [0.3, 0.4) is 0 Å². The minimum absolute atomic E-state index is 0.751. The summed E-state index contributed by atoms with van der Waals surface area (Å²) in [7, 11) is 0. The van der Waals surface area contributed by atoms with Gasteiger partial charge in [-0.1, -0.05) is 97.4 Å². The summed E-state index contributed by atoms with van der Waals surface area (Å²) < 4.78 is 3.00. The van der Waals surface area contributed by atoms with E-state index in [1.807, 2.05) is 48.5 Å². The van der Waals surface area contributed by atoms with Crippen LogP contribution in [0.4, 0.5) is 0 Å². The summed E-state index contributed by atoms with van der Waals surface area (Å²) in [6, 6.07) is 15.9. The highest BCUT2D eigenvalue weighted by Crippen LogP contribution is 2.26. The summed E-state index contributed by atoms with van der Waals surface area (Å²) in [5.74, 6) is 0. The zero-order chi connectivity index (χ0) is 15.4. The summed E-state index contributed by atoms with van der Waals surface area (Å²) in [5, 5.41) is 5.63. The first-order chi connectivity index (χ1) is 10.6. The largest absolute Gasteiger partial charge is 0.0787 e. The predicted octanol–water partition coefficient (Wildman–Crippen LogP) is 6.51. The van der Waals surface area contributed by atoms with E-state index in [0.717, 1.165) is 50.0 Å². The van der Waals surface area contributed by atoms with Crippen LogP contribution in [0.25, 0.3) is 21.5 Å². The third-order valence-corrected chi connectivity index (χ3v) is 5.69. The van der Waals surface area contributed by atoms with E-state index in [1.54, 1.807) is 0 Å². The molecule has 4 heteroatoms. The van der Waals surface area contributed by atoms with Crippen LogP contribution in [-0.4, -0.2) is 0 Å². The normalized spacial score (nSPS) is 11.5. The molecule has 2 aliphatic rings. The van der Waals surface area contributed by atoms with Crippen molar-refractivity contribution in [3.63, 3.8) is 0 Å². The van der Waals surface area contributed by atoms with Crippen LogP contribution in [-0.2, 0) is 0 Å². The summed E-state index contributed by atoms with van der Waals surface area (Å²) in [6.45, 7) is 0. The topological polar surface area (TPSA) is 0 Å². The van der Waals surface area contributed by atoms with Crippen LogP contribution in [0, 0.1) is 28.5 Å². The average Bonchev–Trinajstić information content (AvgIpc) is 2.56. The van der Waals surface area contributed by atoms with Crippen molar-refractivity contribution in [3.05, 3.63) is 77.0 Å². The Hall–Kier alpha value is -1.46. The maximum Gasteiger partial charge on any atom is 0.0550 e. The van der Waals surface area contributed by atoms with Crippen LogP contribution < -0.4 is 0 Å². The van der Waals surface area contributed by atoms with Crippen LogP contribution in [0.5, 0.6) is 0 Å². The molecule has 0 radical (unpaired) electrons. The summed E-state index contributed by atoms with van der Waals surface area (Å²) in [4.78, 5) is 0. The van der Waals surface area contributed by atoms with E-state index in [9.17, 15) is 0 Å². The highest BCUT2D eigenvalue weighted by molar-refractivity contribution is 7.73. The van der Waals surface area contributed by atoms with Gasteiger partial charge >= 0.3 is 0 Å². The van der Waals surface area contributed by atoms with Gasteiger partial charge in [-0.05, 0) is 0 Å². The van der Waals surface area contributed by atoms with Crippen LogP contribution in [0.2, 0.25) is 0 Å². The van der Waals surface area contributed by atoms with E-state index in [1.165, 1.54) is 0 Å². The molecule has 0 amide bonds. The molecule has 104 valence electrons. The second kappa shape index (κ2) is 5.03. The first kappa shape index (κ1) is 14.2. The predicted molar refractivity (Wildman–Crippen MR) is 102 cm³/mol. The van der Waals surface area contributed by atoms with Crippen molar-refractivity contribution in [2.24, 2.45) is 0 Å². The molecular formula is C18H8S4. The summed E-state index contributed by atoms with van der Waals surface area (Å²) >= 11 is 22.8. The first-order valence-corrected chi connectivity index (χ1v) is 8.35. The number of rotatable bonds is 0. The van der Waals surface area contributed by atoms with E-state index in [0.29, 0.717) is 0 Å². The van der Waals surface area contributed by atoms with E-state index in [2.05, 4.69) is 0 Å². The second-order valence-corrected chi connectivity index (χ2v) is 6.79. The van der Waals surface area contributed by atoms with Gasteiger partial charge in [0.15, 0.2) is 0 Å². The molecule has 0 spiro atoms. The molecule has 0 aromatic heterocycles. The number of hydrogen-bond donors (Lipinski definition) is 0. The molecule has 0 bridgehead atoms. The lowest BCUT2D eigenvalue weighted by Crippen LogP contribution is -1.89. The fraction of sp³-hybridized carbons (Fsp3) is 0. The Morgan fingerprint density at radius 3 is 0.864 bits per heavy atom. The average molecular weight is 353 g/mol. The van der Waals surface area contributed by atoms with Crippen molar-refractivity contribution in [1.82, 2.24) is 0 Å². The monoisotopic (exact) mass is 352 g/mol. The van der Waals surface area contributed by atoms with Gasteiger partial charge in [-0.2, -0.15) is 0 Å². The van der Waals surface area contributed by atoms with Crippen molar-refractivity contribution < 1.29 is 0 Å². The Morgan fingerprint density at radius 1 is 0.409 bits per heavy atom. The maximum absolute atomic E-state index is 5.71. The molecule has 0 heterocycles. The van der Waals surface area contributed by atoms with Gasteiger partial charge < -0.3 is 0 Å². The van der Waals surface area contributed by atoms with Crippen molar-refractivity contribution in [2.75, 3.05) is 0 Å². The van der Waals surface area contributed by atoms with Crippen LogP contribution in [0.1, 0.15) is 0 Å². The van der Waals surface area contributed by atoms with E-state index < -0.39 is 0 Å². The van der Waals surface area contributed by atoms with Crippen LogP contribution >= 0.6 is 48.9 Å². The SMILES string of the molecule is S=c1c2c(=S)c3ccccc3c(=S)c=2c(=S)c2ccccc12. The molecule has 0 atom stereocenters. The van der Waals surface area contributed by atoms with Gasteiger partial charge in [0.2, 0.25) is 0 Å². The molecule has 0 fully saturated rings. The third kappa shape index (κ3) is 1.78. The summed E-state index contributed by atoms with van der Waals surface area (Å²) in [6.07, 6.45) is 0. The second-order valence-electron chi connectivity index (χ2n) is 5.16. The summed E-state index contributed by atoms with van der Waals surface area (Å²) in [5.41, 5.74) is 0. The zero-order valence-corrected chi connectivity index (χ0v) is 14.5. The Bertz CT molecular complexity index is 1140. The van der Waals surface area contributed by atoms with Crippen LogP contribution in [0.15, 0.2) is 48.5 Å². The Morgan fingerprint density at radius 2 is 0.636 bits per heavy atom. The Labute approximate surface area is 147 Å². The smallest absolute Gasteiger partial charge is 0.0550 e. The third-order valence-electron chi connectivity index (χ3n) is 3.99. The molecule has 22 heavy (non-hydrogen) atoms. The van der Waals surface area contributed by atoms with Gasteiger partial charge in [0, 0.05) is 32.0 Å². The van der Waals surface area contributed by atoms with Gasteiger partial charge in [0.1, 0.15) is 0 Å². The fourth-order valence-corrected chi connectivity index (χ4v) is 4.61. The zero-order valence-electron chi connectivity index (χ0n) is 11.3. The van der Waals surface area contributed by atoms with Gasteiger partial charge in [-0.25, -0.2) is 0 Å². The molecule has 0 N–H and O–H groups in total. The van der Waals surface area contributed by atoms with Gasteiger partial charge in [0.05, 0.1) is 18.0 Å². The van der Waals surface area contributed by atoms with E-state index >= 15 is 0 Å². The number of hydrogen-bond acceptors (Lipinski definition) is 4. The van der Waals surface area contributed by atoms with Gasteiger partial charge in [-0.3, -0.25) is 0 Å². The first-order valence-electron chi connectivity index (χ1n) is 6.72. The van der Waals surface area contributed by atoms with Crippen molar-refractivity contribution in [1.29, 1.82) is 0 Å². The molecule has 2 aliphatic carbocycles. The fourth-order valence-electron chi connectivity index (χ4n) is 2.96. The van der Waals surface area contributed by atoms with E-state index in [-0.39, 0.29) is 0 Å². The van der Waals surface area contributed by atoms with Crippen molar-refractivity contribution in [3.8, 4) is 0 Å². The number of benzene rings is 2. The lowest BCUT2D eigenvalue weighted by molar-refractivity contribution is 1.47. The van der Waals surface area contributed by atoms with Crippen molar-refractivity contribution >= 4 is 70.4 Å². The molecule has 0 unspecified atom stereocenters. The molecule has 2 aromatic carbocycles. The molecule has 2 aromatic rings. The highest BCUT2D eigenvalue weighted by atomic mass is 32.1. The standard InChI is InChI=1S/C18H8S4/c19-15-9-5-1-2-6-10(9)16(20)14-13(15)17(21)11-7-3-4-8-12(11)18(14)22/h1-8H. The quantitative estimate of drug-likeness (QED) is 0.331.